The minimum absolute atomic E-state index is 0.0505. The number of benzene rings is 1. The van der Waals surface area contributed by atoms with Crippen molar-refractivity contribution in [3.8, 4) is 0 Å². The molecule has 1 aromatic rings. The summed E-state index contributed by atoms with van der Waals surface area (Å²) in [7, 11) is 0. The van der Waals surface area contributed by atoms with Crippen molar-refractivity contribution in [3.05, 3.63) is 33.8 Å². The van der Waals surface area contributed by atoms with Crippen LogP contribution in [-0.2, 0) is 17.6 Å². The quantitative estimate of drug-likeness (QED) is 0.889. The van der Waals surface area contributed by atoms with Gasteiger partial charge in [-0.05, 0) is 36.1 Å². The highest BCUT2D eigenvalue weighted by Gasteiger charge is 2.33. The fourth-order valence-electron chi connectivity index (χ4n) is 2.42. The van der Waals surface area contributed by atoms with E-state index in [4.69, 9.17) is 15.6 Å². The number of aliphatic hydroxyl groups is 1. The van der Waals surface area contributed by atoms with Crippen molar-refractivity contribution in [2.24, 2.45) is 5.73 Å². The number of nitrogens with two attached hydrogens (primary N) is 1. The molecule has 0 aromatic heterocycles. The summed E-state index contributed by atoms with van der Waals surface area (Å²) in [5, 5.41) is 8.87. The molecule has 0 saturated heterocycles. The molecule has 0 spiro atoms. The first-order valence-corrected chi connectivity index (χ1v) is 6.71. The lowest BCUT2D eigenvalue weighted by Crippen LogP contribution is -2.46. The van der Waals surface area contributed by atoms with Crippen LogP contribution in [0.25, 0.3) is 0 Å². The Balaban J connectivity index is 2.18. The highest BCUT2D eigenvalue weighted by Crippen LogP contribution is 2.32. The Morgan fingerprint density at radius 3 is 2.94 bits per heavy atom. The van der Waals surface area contributed by atoms with Gasteiger partial charge in [0.05, 0.1) is 18.8 Å². The van der Waals surface area contributed by atoms with Gasteiger partial charge >= 0.3 is 0 Å². The maximum Gasteiger partial charge on any atom is 0.0848 e. The zero-order valence-electron chi connectivity index (χ0n) is 9.79. The van der Waals surface area contributed by atoms with Gasteiger partial charge in [0.15, 0.2) is 0 Å². The average molecular weight is 300 g/mol. The second kappa shape index (κ2) is 5.48. The normalized spacial score (nSPS) is 23.5. The molecule has 2 rings (SSSR count). The van der Waals surface area contributed by atoms with Gasteiger partial charge in [-0.2, -0.15) is 0 Å². The van der Waals surface area contributed by atoms with Gasteiger partial charge in [-0.1, -0.05) is 22.0 Å². The van der Waals surface area contributed by atoms with E-state index in [1.807, 2.05) is 0 Å². The van der Waals surface area contributed by atoms with Crippen LogP contribution in [0.1, 0.15) is 17.5 Å². The van der Waals surface area contributed by atoms with Gasteiger partial charge in [0.2, 0.25) is 0 Å². The third-order valence-corrected chi connectivity index (χ3v) is 3.90. The number of hydrogen-bond donors (Lipinski definition) is 2. The number of halogens is 1. The second-order valence-electron chi connectivity index (χ2n) is 4.55. The largest absolute Gasteiger partial charge is 0.394 e. The van der Waals surface area contributed by atoms with Crippen LogP contribution in [-0.4, -0.2) is 30.5 Å². The highest BCUT2D eigenvalue weighted by molar-refractivity contribution is 9.10. The molecule has 1 aliphatic rings. The second-order valence-corrected chi connectivity index (χ2v) is 5.46. The molecule has 1 aromatic carbocycles. The molecule has 17 heavy (non-hydrogen) atoms. The van der Waals surface area contributed by atoms with Crippen molar-refractivity contribution in [2.75, 3.05) is 19.8 Å². The number of hydrogen-bond acceptors (Lipinski definition) is 3. The maximum atomic E-state index is 8.87. The first-order valence-electron chi connectivity index (χ1n) is 5.91. The number of fused-ring (bicyclic) bond motifs is 1. The van der Waals surface area contributed by atoms with E-state index >= 15 is 0 Å². The Kier molecular flexibility index (Phi) is 4.20. The third kappa shape index (κ3) is 2.88. The Morgan fingerprint density at radius 2 is 2.24 bits per heavy atom. The molecule has 0 aliphatic heterocycles. The predicted octanol–water partition coefficient (Wildman–Crippen LogP) is 1.64. The van der Waals surface area contributed by atoms with E-state index in [-0.39, 0.29) is 12.2 Å². The molecule has 0 amide bonds. The summed E-state index contributed by atoms with van der Waals surface area (Å²) in [6.07, 6.45) is 2.75. The van der Waals surface area contributed by atoms with Crippen LogP contribution in [0.4, 0.5) is 0 Å². The summed E-state index contributed by atoms with van der Waals surface area (Å²) in [6, 6.07) is 6.35. The summed E-state index contributed by atoms with van der Waals surface area (Å²) in [4.78, 5) is 0. The minimum Gasteiger partial charge on any atom is -0.394 e. The lowest BCUT2D eigenvalue weighted by Gasteiger charge is -2.37. The van der Waals surface area contributed by atoms with Crippen LogP contribution in [0.15, 0.2) is 22.7 Å². The number of aryl methyl sites for hydroxylation is 1. The monoisotopic (exact) mass is 299 g/mol. The van der Waals surface area contributed by atoms with Crippen LogP contribution < -0.4 is 5.73 Å². The van der Waals surface area contributed by atoms with E-state index in [9.17, 15) is 0 Å². The molecule has 3 nitrogen and oxygen atoms in total. The maximum absolute atomic E-state index is 8.87. The highest BCUT2D eigenvalue weighted by atomic mass is 79.9. The van der Waals surface area contributed by atoms with Crippen LogP contribution in [0.2, 0.25) is 0 Å². The minimum atomic E-state index is -0.288. The zero-order valence-corrected chi connectivity index (χ0v) is 11.4. The van der Waals surface area contributed by atoms with Crippen molar-refractivity contribution >= 4 is 15.9 Å². The molecule has 0 saturated carbocycles. The molecular formula is C13H18BrNO2. The molecule has 1 aliphatic carbocycles. The summed E-state index contributed by atoms with van der Waals surface area (Å²) < 4.78 is 6.89. The number of aliphatic hydroxyl groups excluding tert-OH is 1. The van der Waals surface area contributed by atoms with E-state index in [1.165, 1.54) is 11.1 Å². The van der Waals surface area contributed by atoms with Crippen LogP contribution >= 0.6 is 15.9 Å². The first kappa shape index (κ1) is 13.0. The average Bonchev–Trinajstić information content (AvgIpc) is 2.36. The summed E-state index contributed by atoms with van der Waals surface area (Å²) in [5.41, 5.74) is 8.24. The van der Waals surface area contributed by atoms with Crippen molar-refractivity contribution in [3.63, 3.8) is 0 Å². The molecule has 1 unspecified atom stereocenters. The lowest BCUT2D eigenvalue weighted by atomic mass is 9.80. The van der Waals surface area contributed by atoms with Crippen LogP contribution in [0, 0.1) is 0 Å². The van der Waals surface area contributed by atoms with Gasteiger partial charge in [-0.15, -0.1) is 0 Å². The SMILES string of the molecule is NCC1(OCCO)CCc2cc(Br)ccc2C1. The molecule has 94 valence electrons. The first-order chi connectivity index (χ1) is 8.19. The summed E-state index contributed by atoms with van der Waals surface area (Å²) in [5.74, 6) is 0. The van der Waals surface area contributed by atoms with Gasteiger partial charge in [-0.25, -0.2) is 0 Å². The third-order valence-electron chi connectivity index (χ3n) is 3.40. The molecule has 0 heterocycles. The van der Waals surface area contributed by atoms with Gasteiger partial charge < -0.3 is 15.6 Å². The Hall–Kier alpha value is -0.420. The van der Waals surface area contributed by atoms with Crippen molar-refractivity contribution in [2.45, 2.75) is 24.9 Å². The Bertz CT molecular complexity index is 397. The van der Waals surface area contributed by atoms with Crippen LogP contribution in [0.5, 0.6) is 0 Å². The van der Waals surface area contributed by atoms with E-state index in [2.05, 4.69) is 34.1 Å². The molecule has 0 fully saturated rings. The van der Waals surface area contributed by atoms with E-state index in [0.29, 0.717) is 13.2 Å². The van der Waals surface area contributed by atoms with E-state index < -0.39 is 0 Å². The van der Waals surface area contributed by atoms with Crippen molar-refractivity contribution in [1.29, 1.82) is 0 Å². The van der Waals surface area contributed by atoms with E-state index in [0.717, 1.165) is 23.7 Å². The lowest BCUT2D eigenvalue weighted by molar-refractivity contribution is -0.0602. The van der Waals surface area contributed by atoms with Gasteiger partial charge in [0.1, 0.15) is 0 Å². The van der Waals surface area contributed by atoms with Gasteiger partial charge in [-0.3, -0.25) is 0 Å². The summed E-state index contributed by atoms with van der Waals surface area (Å²) >= 11 is 3.49. The molecule has 1 atom stereocenters. The number of rotatable bonds is 4. The summed E-state index contributed by atoms with van der Waals surface area (Å²) in [6.45, 7) is 0.917. The molecule has 0 bridgehead atoms. The van der Waals surface area contributed by atoms with Gasteiger partial charge in [0.25, 0.3) is 0 Å². The van der Waals surface area contributed by atoms with Gasteiger partial charge in [0, 0.05) is 17.4 Å². The molecule has 3 N–H and O–H groups in total. The zero-order chi connectivity index (χ0) is 12.3. The molecule has 0 radical (unpaired) electrons. The van der Waals surface area contributed by atoms with Crippen molar-refractivity contribution in [1.82, 2.24) is 0 Å². The van der Waals surface area contributed by atoms with E-state index in [1.54, 1.807) is 0 Å². The van der Waals surface area contributed by atoms with Crippen molar-refractivity contribution < 1.29 is 9.84 Å². The number of ether oxygens (including phenoxy) is 1. The topological polar surface area (TPSA) is 55.5 Å². The molecular weight excluding hydrogens is 282 g/mol. The van der Waals surface area contributed by atoms with Crippen LogP contribution in [0.3, 0.4) is 0 Å². The molecule has 4 heteroatoms. The standard InChI is InChI=1S/C13H18BrNO2/c14-12-2-1-11-8-13(9-15,17-6-5-16)4-3-10(11)7-12/h1-2,7,16H,3-6,8-9,15H2. The Morgan fingerprint density at radius 1 is 1.41 bits per heavy atom. The fourth-order valence-corrected chi connectivity index (χ4v) is 2.82. The predicted molar refractivity (Wildman–Crippen MR) is 71.0 cm³/mol. The smallest absolute Gasteiger partial charge is 0.0848 e. The fraction of sp³-hybridized carbons (Fsp3) is 0.538. The Labute approximate surface area is 110 Å².